The summed E-state index contributed by atoms with van der Waals surface area (Å²) in [6.45, 7) is -0.368. The van der Waals surface area contributed by atoms with Gasteiger partial charge in [-0.2, -0.15) is 9.36 Å². The molecule has 0 bridgehead atoms. The summed E-state index contributed by atoms with van der Waals surface area (Å²) in [4.78, 5) is 35.1. The van der Waals surface area contributed by atoms with Gasteiger partial charge in [0.15, 0.2) is 0 Å². The lowest BCUT2D eigenvalue weighted by Gasteiger charge is -2.09. The van der Waals surface area contributed by atoms with E-state index in [4.69, 9.17) is 28.9 Å². The van der Waals surface area contributed by atoms with Crippen LogP contribution in [0.1, 0.15) is 0 Å². The van der Waals surface area contributed by atoms with Crippen molar-refractivity contribution in [2.24, 2.45) is 5.73 Å². The largest absolute Gasteiger partial charge is 0.368 e. The fraction of sp³-hybridized carbons (Fsp3) is 0.0625. The number of amides is 3. The molecule has 0 aliphatic carbocycles. The van der Waals surface area contributed by atoms with Crippen molar-refractivity contribution in [3.63, 3.8) is 0 Å². The third-order valence-electron chi connectivity index (χ3n) is 3.49. The number of primary amides is 1. The maximum Gasteiger partial charge on any atom is 0.368 e. The molecule has 0 atom stereocenters. The Morgan fingerprint density at radius 1 is 0.964 bits per heavy atom. The van der Waals surface area contributed by atoms with Gasteiger partial charge in [0.1, 0.15) is 6.54 Å². The molecule has 1 aromatic heterocycles. The highest BCUT2D eigenvalue weighted by Gasteiger charge is 2.11. The number of benzene rings is 2. The molecule has 10 nitrogen and oxygen atoms in total. The van der Waals surface area contributed by atoms with E-state index in [1.165, 1.54) is 6.07 Å². The monoisotopic (exact) mass is 421 g/mol. The first-order chi connectivity index (χ1) is 13.3. The number of hydrogen-bond donors (Lipinski definition) is 3. The Morgan fingerprint density at radius 3 is 2.25 bits per heavy atom. The Bertz CT molecular complexity index is 1090. The van der Waals surface area contributed by atoms with Crippen LogP contribution in [-0.4, -0.2) is 31.7 Å². The van der Waals surface area contributed by atoms with Crippen LogP contribution in [0.15, 0.2) is 47.3 Å². The third-order valence-corrected chi connectivity index (χ3v) is 4.23. The first kappa shape index (κ1) is 19.4. The predicted molar refractivity (Wildman–Crippen MR) is 104 cm³/mol. The van der Waals surface area contributed by atoms with Crippen LogP contribution in [0.3, 0.4) is 0 Å². The summed E-state index contributed by atoms with van der Waals surface area (Å²) in [7, 11) is 0. The van der Waals surface area contributed by atoms with Gasteiger partial charge in [-0.3, -0.25) is 4.79 Å². The van der Waals surface area contributed by atoms with Crippen molar-refractivity contribution < 1.29 is 9.59 Å². The molecule has 28 heavy (non-hydrogen) atoms. The van der Waals surface area contributed by atoms with Gasteiger partial charge in [-0.05, 0) is 52.9 Å². The standard InChI is InChI=1S/C16H13Cl2N7O3/c17-12-6-3-10(7-13(12)18)21-15(27)20-9-1-4-11(5-2-9)25-16(28)24(22-23-25)8-14(19)26/h1-7H,8H2,(H2,19,26)(H2,20,21,27). The van der Waals surface area contributed by atoms with Crippen LogP contribution in [0.25, 0.3) is 5.69 Å². The first-order valence-corrected chi connectivity index (χ1v) is 8.53. The molecule has 0 saturated heterocycles. The lowest BCUT2D eigenvalue weighted by molar-refractivity contribution is -0.118. The minimum atomic E-state index is -0.707. The molecule has 2 aromatic carbocycles. The van der Waals surface area contributed by atoms with Crippen molar-refractivity contribution in [3.05, 3.63) is 63.0 Å². The topological polar surface area (TPSA) is 137 Å². The maximum atomic E-state index is 12.1. The second-order valence-corrected chi connectivity index (χ2v) is 6.37. The number of nitrogens with one attached hydrogen (secondary N) is 2. The minimum absolute atomic E-state index is 0.318. The highest BCUT2D eigenvalue weighted by molar-refractivity contribution is 6.42. The first-order valence-electron chi connectivity index (χ1n) is 7.78. The Kier molecular flexibility index (Phi) is 5.62. The van der Waals surface area contributed by atoms with E-state index < -0.39 is 17.6 Å². The molecule has 0 unspecified atom stereocenters. The Hall–Kier alpha value is -3.37. The van der Waals surface area contributed by atoms with Gasteiger partial charge in [0.2, 0.25) is 5.91 Å². The second kappa shape index (κ2) is 8.11. The van der Waals surface area contributed by atoms with Crippen LogP contribution >= 0.6 is 23.2 Å². The quantitative estimate of drug-likeness (QED) is 0.577. The van der Waals surface area contributed by atoms with Gasteiger partial charge < -0.3 is 16.4 Å². The fourth-order valence-corrected chi connectivity index (χ4v) is 2.53. The van der Waals surface area contributed by atoms with Crippen molar-refractivity contribution in [3.8, 4) is 5.69 Å². The molecular formula is C16H13Cl2N7O3. The van der Waals surface area contributed by atoms with Crippen LogP contribution in [-0.2, 0) is 11.3 Å². The van der Waals surface area contributed by atoms with E-state index in [9.17, 15) is 14.4 Å². The van der Waals surface area contributed by atoms with E-state index in [2.05, 4.69) is 21.1 Å². The SMILES string of the molecule is NC(=O)Cn1nnn(-c2ccc(NC(=O)Nc3ccc(Cl)c(Cl)c3)cc2)c1=O. The molecule has 0 aliphatic heterocycles. The molecule has 4 N–H and O–H groups in total. The number of urea groups is 1. The van der Waals surface area contributed by atoms with Gasteiger partial charge >= 0.3 is 11.7 Å². The molecule has 144 valence electrons. The lowest BCUT2D eigenvalue weighted by Crippen LogP contribution is -2.30. The molecule has 3 amide bonds. The van der Waals surface area contributed by atoms with Crippen molar-refractivity contribution in [1.29, 1.82) is 0 Å². The number of halogens is 2. The van der Waals surface area contributed by atoms with Gasteiger partial charge in [-0.15, -0.1) is 0 Å². The zero-order valence-corrected chi connectivity index (χ0v) is 15.6. The summed E-state index contributed by atoms with van der Waals surface area (Å²) in [5.41, 5.74) is 5.77. The van der Waals surface area contributed by atoms with Crippen LogP contribution in [0, 0.1) is 0 Å². The van der Waals surface area contributed by atoms with Crippen molar-refractivity contribution in [2.45, 2.75) is 6.54 Å². The van der Waals surface area contributed by atoms with Gasteiger partial charge in [-0.25, -0.2) is 9.59 Å². The number of anilines is 2. The Balaban J connectivity index is 1.68. The lowest BCUT2D eigenvalue weighted by atomic mass is 10.3. The molecule has 0 radical (unpaired) electrons. The molecule has 0 aliphatic rings. The molecule has 12 heteroatoms. The van der Waals surface area contributed by atoms with E-state index in [-0.39, 0.29) is 6.54 Å². The summed E-state index contributed by atoms with van der Waals surface area (Å²) in [5.74, 6) is -0.707. The van der Waals surface area contributed by atoms with Crippen molar-refractivity contribution >= 4 is 46.5 Å². The second-order valence-electron chi connectivity index (χ2n) is 5.55. The molecular weight excluding hydrogens is 409 g/mol. The van der Waals surface area contributed by atoms with Gasteiger partial charge in [0.05, 0.1) is 15.7 Å². The van der Waals surface area contributed by atoms with Gasteiger partial charge in [-0.1, -0.05) is 23.2 Å². The summed E-state index contributed by atoms with van der Waals surface area (Å²) in [6.07, 6.45) is 0. The zero-order valence-electron chi connectivity index (χ0n) is 14.1. The van der Waals surface area contributed by atoms with E-state index >= 15 is 0 Å². The van der Waals surface area contributed by atoms with Crippen LogP contribution in [0.5, 0.6) is 0 Å². The number of rotatable bonds is 5. The van der Waals surface area contributed by atoms with E-state index in [0.29, 0.717) is 27.1 Å². The molecule has 3 rings (SSSR count). The summed E-state index contributed by atoms with van der Waals surface area (Å²) >= 11 is 11.7. The number of hydrogen-bond acceptors (Lipinski definition) is 5. The predicted octanol–water partition coefficient (Wildman–Crippen LogP) is 1.87. The average Bonchev–Trinajstić information content (AvgIpc) is 2.99. The highest BCUT2D eigenvalue weighted by Crippen LogP contribution is 2.25. The smallest absolute Gasteiger partial charge is 0.368 e. The molecule has 3 aromatic rings. The van der Waals surface area contributed by atoms with Crippen LogP contribution in [0.4, 0.5) is 16.2 Å². The third kappa shape index (κ3) is 4.48. The number of nitrogens with zero attached hydrogens (tertiary/aromatic N) is 4. The zero-order chi connectivity index (χ0) is 20.3. The van der Waals surface area contributed by atoms with Crippen LogP contribution < -0.4 is 22.1 Å². The van der Waals surface area contributed by atoms with E-state index in [1.807, 2.05) is 0 Å². The molecule has 1 heterocycles. The summed E-state index contributed by atoms with van der Waals surface area (Å²) in [5, 5.41) is 13.2. The minimum Gasteiger partial charge on any atom is -0.368 e. The van der Waals surface area contributed by atoms with E-state index in [1.54, 1.807) is 36.4 Å². The number of aromatic nitrogens is 4. The fourth-order valence-electron chi connectivity index (χ4n) is 2.24. The molecule has 0 spiro atoms. The molecule has 0 saturated carbocycles. The van der Waals surface area contributed by atoms with Gasteiger partial charge in [0, 0.05) is 11.4 Å². The van der Waals surface area contributed by atoms with Gasteiger partial charge in [0.25, 0.3) is 0 Å². The Labute approximate surface area is 167 Å². The summed E-state index contributed by atoms with van der Waals surface area (Å²) < 4.78 is 1.85. The highest BCUT2D eigenvalue weighted by atomic mass is 35.5. The number of nitrogens with two attached hydrogens (primary N) is 1. The van der Waals surface area contributed by atoms with E-state index in [0.717, 1.165) is 9.36 Å². The normalized spacial score (nSPS) is 10.5. The van der Waals surface area contributed by atoms with Crippen molar-refractivity contribution in [2.75, 3.05) is 10.6 Å². The number of carbonyl (C=O) groups excluding carboxylic acids is 2. The Morgan fingerprint density at radius 2 is 1.61 bits per heavy atom. The van der Waals surface area contributed by atoms with Crippen LogP contribution in [0.2, 0.25) is 10.0 Å². The molecule has 0 fully saturated rings. The number of carbonyl (C=O) groups is 2. The average molecular weight is 422 g/mol. The van der Waals surface area contributed by atoms with Crippen molar-refractivity contribution in [1.82, 2.24) is 19.8 Å². The maximum absolute atomic E-state index is 12.1. The summed E-state index contributed by atoms with van der Waals surface area (Å²) in [6, 6.07) is 10.5. The number of tetrazole rings is 1.